The van der Waals surface area contributed by atoms with E-state index in [0.29, 0.717) is 17.0 Å². The zero-order valence-corrected chi connectivity index (χ0v) is 17.1. The number of hydrogen-bond donors (Lipinski definition) is 2. The molecule has 4 aromatic rings. The Morgan fingerprint density at radius 1 is 1.17 bits per heavy atom. The van der Waals surface area contributed by atoms with E-state index in [0.717, 1.165) is 10.0 Å². The van der Waals surface area contributed by atoms with Gasteiger partial charge < -0.3 is 15.5 Å². The summed E-state index contributed by atoms with van der Waals surface area (Å²) in [5.74, 6) is -0.0445. The molecule has 29 heavy (non-hydrogen) atoms. The number of carbonyl (C=O) groups excluding carboxylic acids is 1. The third-order valence-electron chi connectivity index (χ3n) is 4.46. The quantitative estimate of drug-likeness (QED) is 0.492. The van der Waals surface area contributed by atoms with Gasteiger partial charge in [0.1, 0.15) is 11.3 Å². The molecular weight excluding hydrogens is 438 g/mol. The molecule has 9 heteroatoms. The number of benzene rings is 2. The zero-order valence-electron chi connectivity index (χ0n) is 15.6. The Hall–Kier alpha value is -3.46. The molecule has 146 valence electrons. The predicted octanol–water partition coefficient (Wildman–Crippen LogP) is 2.95. The monoisotopic (exact) mass is 453 g/mol. The van der Waals surface area contributed by atoms with Crippen LogP contribution in [0.5, 0.6) is 5.75 Å². The lowest BCUT2D eigenvalue weighted by Crippen LogP contribution is -2.15. The molecule has 0 atom stereocenters. The van der Waals surface area contributed by atoms with Crippen LogP contribution in [0.2, 0.25) is 0 Å². The van der Waals surface area contributed by atoms with Crippen LogP contribution in [0.4, 0.5) is 0 Å². The van der Waals surface area contributed by atoms with Crippen molar-refractivity contribution in [3.63, 3.8) is 0 Å². The second-order valence-corrected chi connectivity index (χ2v) is 7.32. The van der Waals surface area contributed by atoms with Crippen LogP contribution < -0.4 is 16.2 Å². The van der Waals surface area contributed by atoms with E-state index in [4.69, 9.17) is 10.5 Å². The van der Waals surface area contributed by atoms with E-state index in [-0.39, 0.29) is 22.7 Å². The minimum absolute atomic E-state index is 0.0741. The largest absolute Gasteiger partial charge is 0.496 e. The first-order valence-electron chi connectivity index (χ1n) is 8.62. The van der Waals surface area contributed by atoms with Crippen LogP contribution in [0.15, 0.2) is 51.7 Å². The third-order valence-corrected chi connectivity index (χ3v) is 4.96. The number of aryl methyl sites for hydroxylation is 1. The van der Waals surface area contributed by atoms with Crippen LogP contribution in [0, 0.1) is 6.92 Å². The van der Waals surface area contributed by atoms with E-state index in [2.05, 4.69) is 30.9 Å². The van der Waals surface area contributed by atoms with Gasteiger partial charge in [-0.15, -0.1) is 0 Å². The topological polar surface area (TPSA) is 116 Å². The van der Waals surface area contributed by atoms with E-state index < -0.39 is 11.6 Å². The van der Waals surface area contributed by atoms with Gasteiger partial charge in [0, 0.05) is 4.47 Å². The zero-order chi connectivity index (χ0) is 20.7. The SMILES string of the molecule is COc1ccc(Br)cc1-c1nc(C(N)=O)c2[nH]c(=O)n(-c3ccc(C)cc3)c2n1. The second-order valence-electron chi connectivity index (χ2n) is 6.40. The summed E-state index contributed by atoms with van der Waals surface area (Å²) < 4.78 is 7.57. The van der Waals surface area contributed by atoms with Gasteiger partial charge in [-0.1, -0.05) is 33.6 Å². The number of nitrogens with one attached hydrogen (secondary N) is 1. The number of imidazole rings is 1. The highest BCUT2D eigenvalue weighted by atomic mass is 79.9. The number of nitrogens with two attached hydrogens (primary N) is 1. The molecule has 0 radical (unpaired) electrons. The molecule has 1 amide bonds. The van der Waals surface area contributed by atoms with Crippen molar-refractivity contribution < 1.29 is 9.53 Å². The Morgan fingerprint density at radius 3 is 2.55 bits per heavy atom. The number of hydrogen-bond acceptors (Lipinski definition) is 5. The summed E-state index contributed by atoms with van der Waals surface area (Å²) in [7, 11) is 1.53. The fourth-order valence-electron chi connectivity index (χ4n) is 3.07. The number of fused-ring (bicyclic) bond motifs is 1. The number of aromatic nitrogens is 4. The van der Waals surface area contributed by atoms with Crippen molar-refractivity contribution in [3.8, 4) is 22.8 Å². The van der Waals surface area contributed by atoms with Gasteiger partial charge in [0.2, 0.25) is 0 Å². The smallest absolute Gasteiger partial charge is 0.332 e. The number of methoxy groups -OCH3 is 1. The highest BCUT2D eigenvalue weighted by molar-refractivity contribution is 9.10. The average Bonchev–Trinajstić information content (AvgIpc) is 3.03. The van der Waals surface area contributed by atoms with Gasteiger partial charge in [0.15, 0.2) is 17.2 Å². The Morgan fingerprint density at radius 2 is 1.90 bits per heavy atom. The van der Waals surface area contributed by atoms with E-state index in [1.54, 1.807) is 24.3 Å². The van der Waals surface area contributed by atoms with Gasteiger partial charge in [-0.3, -0.25) is 4.79 Å². The van der Waals surface area contributed by atoms with Gasteiger partial charge in [-0.25, -0.2) is 19.3 Å². The summed E-state index contributed by atoms with van der Waals surface area (Å²) in [6.45, 7) is 1.95. The van der Waals surface area contributed by atoms with Gasteiger partial charge in [0.25, 0.3) is 5.91 Å². The highest BCUT2D eigenvalue weighted by Crippen LogP contribution is 2.32. The van der Waals surface area contributed by atoms with Crippen LogP contribution in [-0.4, -0.2) is 32.5 Å². The minimum atomic E-state index is -0.773. The predicted molar refractivity (Wildman–Crippen MR) is 112 cm³/mol. The fourth-order valence-corrected chi connectivity index (χ4v) is 3.43. The Kier molecular flexibility index (Phi) is 4.67. The maximum absolute atomic E-state index is 12.7. The molecule has 2 heterocycles. The number of amides is 1. The Balaban J connectivity index is 2.08. The van der Waals surface area contributed by atoms with Gasteiger partial charge >= 0.3 is 5.69 Å². The number of aromatic amines is 1. The van der Waals surface area contributed by atoms with Gasteiger partial charge in [-0.2, -0.15) is 0 Å². The lowest BCUT2D eigenvalue weighted by Gasteiger charge is -2.10. The molecule has 0 fully saturated rings. The van der Waals surface area contributed by atoms with Crippen molar-refractivity contribution in [1.82, 2.24) is 19.5 Å². The summed E-state index contributed by atoms with van der Waals surface area (Å²) in [6, 6.07) is 12.7. The van der Waals surface area contributed by atoms with Crippen LogP contribution in [0.3, 0.4) is 0 Å². The van der Waals surface area contributed by atoms with Crippen LogP contribution in [-0.2, 0) is 0 Å². The standard InChI is InChI=1S/C20H16BrN5O3/c1-10-3-6-12(7-4-10)26-19-16(24-20(26)28)15(17(22)27)23-18(25-19)13-9-11(21)5-8-14(13)29-2/h3-9H,1-2H3,(H2,22,27)(H,24,28). The van der Waals surface area contributed by atoms with E-state index in [9.17, 15) is 9.59 Å². The number of carbonyl (C=O) groups is 1. The van der Waals surface area contributed by atoms with E-state index >= 15 is 0 Å². The van der Waals surface area contributed by atoms with E-state index in [1.807, 2.05) is 25.1 Å². The van der Waals surface area contributed by atoms with Crippen molar-refractivity contribution in [2.24, 2.45) is 5.73 Å². The van der Waals surface area contributed by atoms with Gasteiger partial charge in [0.05, 0.1) is 18.4 Å². The van der Waals surface area contributed by atoms with Crippen LogP contribution in [0.1, 0.15) is 16.1 Å². The molecule has 8 nitrogen and oxygen atoms in total. The number of primary amides is 1. The lowest BCUT2D eigenvalue weighted by atomic mass is 10.1. The number of rotatable bonds is 4. The van der Waals surface area contributed by atoms with Crippen molar-refractivity contribution >= 4 is 33.0 Å². The third kappa shape index (κ3) is 3.29. The normalized spacial score (nSPS) is 11.0. The molecule has 4 rings (SSSR count). The molecule has 0 aliphatic carbocycles. The summed E-state index contributed by atoms with van der Waals surface area (Å²) in [6.07, 6.45) is 0. The number of ether oxygens (including phenoxy) is 1. The molecule has 2 aromatic carbocycles. The fraction of sp³-hybridized carbons (Fsp3) is 0.100. The maximum atomic E-state index is 12.7. The highest BCUT2D eigenvalue weighted by Gasteiger charge is 2.21. The Labute approximate surface area is 173 Å². The lowest BCUT2D eigenvalue weighted by molar-refractivity contribution is 0.0997. The van der Waals surface area contributed by atoms with E-state index in [1.165, 1.54) is 11.7 Å². The molecule has 0 bridgehead atoms. The molecule has 0 saturated heterocycles. The molecule has 0 unspecified atom stereocenters. The van der Waals surface area contributed by atoms with Crippen molar-refractivity contribution in [3.05, 3.63) is 68.7 Å². The van der Waals surface area contributed by atoms with Crippen LogP contribution in [0.25, 0.3) is 28.2 Å². The molecule has 3 N–H and O–H groups in total. The van der Waals surface area contributed by atoms with Gasteiger partial charge in [-0.05, 0) is 37.3 Å². The minimum Gasteiger partial charge on any atom is -0.496 e. The molecular formula is C20H16BrN5O3. The first kappa shape index (κ1) is 18.9. The van der Waals surface area contributed by atoms with Crippen molar-refractivity contribution in [2.75, 3.05) is 7.11 Å². The second kappa shape index (κ2) is 7.17. The molecule has 0 aliphatic heterocycles. The molecule has 0 saturated carbocycles. The summed E-state index contributed by atoms with van der Waals surface area (Å²) in [5.41, 5.74) is 7.66. The molecule has 0 aliphatic rings. The first-order chi connectivity index (χ1) is 13.9. The Bertz CT molecular complexity index is 1310. The summed E-state index contributed by atoms with van der Waals surface area (Å²) in [5, 5.41) is 0. The number of nitrogens with zero attached hydrogens (tertiary/aromatic N) is 3. The number of H-pyrrole nitrogens is 1. The van der Waals surface area contributed by atoms with Crippen molar-refractivity contribution in [1.29, 1.82) is 0 Å². The number of halogens is 1. The summed E-state index contributed by atoms with van der Waals surface area (Å²) >= 11 is 3.42. The van der Waals surface area contributed by atoms with Crippen molar-refractivity contribution in [2.45, 2.75) is 6.92 Å². The first-order valence-corrected chi connectivity index (χ1v) is 9.42. The maximum Gasteiger partial charge on any atom is 0.332 e. The molecule has 0 spiro atoms. The summed E-state index contributed by atoms with van der Waals surface area (Å²) in [4.78, 5) is 36.3. The molecule has 2 aromatic heterocycles. The average molecular weight is 454 g/mol. The van der Waals surface area contributed by atoms with Crippen LogP contribution >= 0.6 is 15.9 Å².